The highest BCUT2D eigenvalue weighted by molar-refractivity contribution is 7.16. The van der Waals surface area contributed by atoms with Gasteiger partial charge >= 0.3 is 11.9 Å². The number of hydrogen-bond acceptors (Lipinski definition) is 7. The summed E-state index contributed by atoms with van der Waals surface area (Å²) in [5, 5.41) is 3.97. The fourth-order valence-electron chi connectivity index (χ4n) is 2.74. The number of aromatic nitrogens is 1. The quantitative estimate of drug-likeness (QED) is 0.476. The summed E-state index contributed by atoms with van der Waals surface area (Å²) in [5.74, 6) is -1.76. The minimum atomic E-state index is -0.674. The van der Waals surface area contributed by atoms with Gasteiger partial charge in [-0.3, -0.25) is 4.79 Å². The predicted molar refractivity (Wildman–Crippen MR) is 115 cm³/mol. The molecule has 1 aromatic carbocycles. The highest BCUT2D eigenvalue weighted by Crippen LogP contribution is 2.32. The molecule has 0 radical (unpaired) electrons. The number of carbonyl (C=O) groups is 3. The first-order chi connectivity index (χ1) is 14.4. The van der Waals surface area contributed by atoms with Crippen molar-refractivity contribution in [3.63, 3.8) is 0 Å². The maximum Gasteiger partial charge on any atom is 0.341 e. The van der Waals surface area contributed by atoms with Crippen LogP contribution in [0.5, 0.6) is 0 Å². The zero-order valence-corrected chi connectivity index (χ0v) is 17.5. The predicted octanol–water partition coefficient (Wildman–Crippen LogP) is 3.89. The molecule has 0 bridgehead atoms. The van der Waals surface area contributed by atoms with Crippen LogP contribution in [0.1, 0.15) is 26.5 Å². The van der Waals surface area contributed by atoms with Crippen LogP contribution in [0.3, 0.4) is 0 Å². The van der Waals surface area contributed by atoms with Crippen LogP contribution < -0.4 is 5.32 Å². The molecule has 0 saturated carbocycles. The molecule has 3 rings (SSSR count). The summed E-state index contributed by atoms with van der Waals surface area (Å²) in [6, 6.07) is 11.3. The number of methoxy groups -OCH3 is 1. The molecule has 30 heavy (non-hydrogen) atoms. The van der Waals surface area contributed by atoms with Crippen LogP contribution in [0.4, 0.5) is 5.00 Å². The average Bonchev–Trinajstić information content (AvgIpc) is 3.02. The van der Waals surface area contributed by atoms with Gasteiger partial charge in [0.1, 0.15) is 5.00 Å². The minimum Gasteiger partial charge on any atom is -0.465 e. The van der Waals surface area contributed by atoms with Crippen molar-refractivity contribution in [2.24, 2.45) is 0 Å². The van der Waals surface area contributed by atoms with Gasteiger partial charge in [0.05, 0.1) is 23.9 Å². The number of hydrogen-bond donors (Lipinski definition) is 1. The third-order valence-electron chi connectivity index (χ3n) is 4.38. The molecule has 1 amide bonds. The molecule has 0 saturated heterocycles. The van der Waals surface area contributed by atoms with E-state index in [4.69, 9.17) is 9.47 Å². The van der Waals surface area contributed by atoms with Crippen molar-refractivity contribution in [3.05, 3.63) is 64.2 Å². The number of esters is 2. The van der Waals surface area contributed by atoms with Crippen molar-refractivity contribution < 1.29 is 23.9 Å². The van der Waals surface area contributed by atoms with E-state index in [1.54, 1.807) is 13.0 Å². The van der Waals surface area contributed by atoms with Gasteiger partial charge in [0.15, 0.2) is 6.61 Å². The molecule has 2 aromatic heterocycles. The Morgan fingerprint density at radius 2 is 1.90 bits per heavy atom. The maximum atomic E-state index is 12.2. The molecule has 0 spiro atoms. The summed E-state index contributed by atoms with van der Waals surface area (Å²) in [7, 11) is 1.28. The number of carbonyl (C=O) groups excluding carboxylic acids is 3. The first-order valence-corrected chi connectivity index (χ1v) is 9.89. The van der Waals surface area contributed by atoms with Crippen LogP contribution in [0, 0.1) is 13.8 Å². The van der Waals surface area contributed by atoms with Gasteiger partial charge in [-0.1, -0.05) is 24.3 Å². The monoisotopic (exact) mass is 424 g/mol. The van der Waals surface area contributed by atoms with Crippen molar-refractivity contribution in [2.45, 2.75) is 13.8 Å². The number of nitrogens with zero attached hydrogens (tertiary/aromatic N) is 1. The lowest BCUT2D eigenvalue weighted by molar-refractivity contribution is -0.142. The van der Waals surface area contributed by atoms with Gasteiger partial charge in [-0.15, -0.1) is 11.3 Å². The fraction of sp³-hybridized carbons (Fsp3) is 0.182. The Balaban J connectivity index is 1.58. The number of benzene rings is 1. The van der Waals surface area contributed by atoms with E-state index in [9.17, 15) is 14.4 Å². The van der Waals surface area contributed by atoms with E-state index in [0.717, 1.165) is 21.3 Å². The van der Waals surface area contributed by atoms with E-state index in [-0.39, 0.29) is 0 Å². The molecule has 2 heterocycles. The molecule has 0 unspecified atom stereocenters. The zero-order valence-electron chi connectivity index (χ0n) is 16.7. The summed E-state index contributed by atoms with van der Waals surface area (Å²) in [6.45, 7) is 3.14. The van der Waals surface area contributed by atoms with Gasteiger partial charge in [0, 0.05) is 16.3 Å². The number of fused-ring (bicyclic) bond motifs is 1. The van der Waals surface area contributed by atoms with Gasteiger partial charge in [-0.05, 0) is 37.6 Å². The molecular formula is C22H20N2O5S. The van der Waals surface area contributed by atoms with Crippen LogP contribution in [-0.2, 0) is 19.1 Å². The van der Waals surface area contributed by atoms with E-state index >= 15 is 0 Å². The summed E-state index contributed by atoms with van der Waals surface area (Å²) in [4.78, 5) is 41.3. The van der Waals surface area contributed by atoms with E-state index in [1.165, 1.54) is 30.6 Å². The van der Waals surface area contributed by atoms with Crippen molar-refractivity contribution in [2.75, 3.05) is 19.0 Å². The van der Waals surface area contributed by atoms with Crippen molar-refractivity contribution in [3.8, 4) is 0 Å². The first-order valence-electron chi connectivity index (χ1n) is 9.08. The summed E-state index contributed by atoms with van der Waals surface area (Å²) in [6.07, 6.45) is 2.73. The highest BCUT2D eigenvalue weighted by atomic mass is 32.1. The third-order valence-corrected chi connectivity index (χ3v) is 5.51. The summed E-state index contributed by atoms with van der Waals surface area (Å²) in [5.41, 5.74) is 2.46. The number of pyridine rings is 1. The Labute approximate surface area is 177 Å². The molecule has 0 aliphatic heterocycles. The number of ether oxygens (including phenoxy) is 2. The average molecular weight is 424 g/mol. The maximum absolute atomic E-state index is 12.2. The molecule has 3 aromatic rings. The second-order valence-corrected chi connectivity index (χ2v) is 7.62. The van der Waals surface area contributed by atoms with E-state index in [1.807, 2.05) is 37.3 Å². The van der Waals surface area contributed by atoms with E-state index < -0.39 is 24.5 Å². The molecule has 7 nitrogen and oxygen atoms in total. The molecule has 0 aliphatic rings. The lowest BCUT2D eigenvalue weighted by Gasteiger charge is -2.06. The second kappa shape index (κ2) is 9.32. The number of aryl methyl sites for hydroxylation is 1. The second-order valence-electron chi connectivity index (χ2n) is 6.40. The van der Waals surface area contributed by atoms with Crippen LogP contribution in [0.15, 0.2) is 42.5 Å². The van der Waals surface area contributed by atoms with Gasteiger partial charge in [0.25, 0.3) is 5.91 Å². The standard InChI is InChI=1S/C22H20N2O5S/c1-13-14(2)30-21(20(13)22(27)28-3)24-18(25)12-29-19(26)11-10-16-9-8-15-6-4-5-7-17(15)23-16/h4-11H,12H2,1-3H3,(H,24,25). The molecule has 8 heteroatoms. The van der Waals surface area contributed by atoms with Gasteiger partial charge < -0.3 is 14.8 Å². The number of amides is 1. The molecule has 154 valence electrons. The summed E-state index contributed by atoms with van der Waals surface area (Å²) >= 11 is 1.26. The smallest absolute Gasteiger partial charge is 0.341 e. The topological polar surface area (TPSA) is 94.6 Å². The zero-order chi connectivity index (χ0) is 21.7. The molecule has 0 atom stereocenters. The van der Waals surface area contributed by atoms with Crippen LogP contribution in [0.25, 0.3) is 17.0 Å². The number of thiophene rings is 1. The van der Waals surface area contributed by atoms with E-state index in [0.29, 0.717) is 16.3 Å². The summed E-state index contributed by atoms with van der Waals surface area (Å²) < 4.78 is 9.74. The Morgan fingerprint density at radius 3 is 2.67 bits per heavy atom. The van der Waals surface area contributed by atoms with Gasteiger partial charge in [-0.25, -0.2) is 14.6 Å². The first kappa shape index (κ1) is 21.2. The SMILES string of the molecule is COC(=O)c1c(NC(=O)COC(=O)C=Cc2ccc3ccccc3n2)sc(C)c1C. The lowest BCUT2D eigenvalue weighted by Crippen LogP contribution is -2.21. The van der Waals surface area contributed by atoms with Crippen molar-refractivity contribution in [1.29, 1.82) is 0 Å². The number of nitrogens with one attached hydrogen (secondary N) is 1. The van der Waals surface area contributed by atoms with Crippen molar-refractivity contribution in [1.82, 2.24) is 4.98 Å². The van der Waals surface area contributed by atoms with Gasteiger partial charge in [-0.2, -0.15) is 0 Å². The number of rotatable bonds is 6. The minimum absolute atomic E-state index is 0.307. The number of anilines is 1. The van der Waals surface area contributed by atoms with Crippen LogP contribution in [0.2, 0.25) is 0 Å². The normalized spacial score (nSPS) is 10.9. The lowest BCUT2D eigenvalue weighted by atomic mass is 10.1. The van der Waals surface area contributed by atoms with E-state index in [2.05, 4.69) is 10.3 Å². The fourth-order valence-corrected chi connectivity index (χ4v) is 3.80. The Kier molecular flexibility index (Phi) is 6.58. The molecule has 0 aliphatic carbocycles. The van der Waals surface area contributed by atoms with Gasteiger partial charge in [0.2, 0.25) is 0 Å². The van der Waals surface area contributed by atoms with Crippen LogP contribution in [-0.4, -0.2) is 36.5 Å². The molecular weight excluding hydrogens is 404 g/mol. The Morgan fingerprint density at radius 1 is 1.13 bits per heavy atom. The molecule has 0 fully saturated rings. The Hall–Kier alpha value is -3.52. The number of para-hydroxylation sites is 1. The Bertz CT molecular complexity index is 1150. The third kappa shape index (κ3) is 4.90. The van der Waals surface area contributed by atoms with Crippen LogP contribution >= 0.6 is 11.3 Å². The largest absolute Gasteiger partial charge is 0.465 e. The highest BCUT2D eigenvalue weighted by Gasteiger charge is 2.21. The molecule has 1 N–H and O–H groups in total. The van der Waals surface area contributed by atoms with Crippen molar-refractivity contribution >= 4 is 51.2 Å².